The molecule has 0 spiro atoms. The van der Waals surface area contributed by atoms with Crippen molar-refractivity contribution in [2.24, 2.45) is 0 Å². The summed E-state index contributed by atoms with van der Waals surface area (Å²) in [5.74, 6) is 0. The Bertz CT molecular complexity index is 549. The molecule has 1 aromatic carbocycles. The van der Waals surface area contributed by atoms with E-state index in [1.165, 1.54) is 16.7 Å². The van der Waals surface area contributed by atoms with Crippen LogP contribution in [0.15, 0.2) is 30.3 Å². The highest BCUT2D eigenvalue weighted by Gasteiger charge is 2.18. The predicted octanol–water partition coefficient (Wildman–Crippen LogP) is 3.07. The van der Waals surface area contributed by atoms with Crippen molar-refractivity contribution >= 4 is 0 Å². The van der Waals surface area contributed by atoms with Crippen molar-refractivity contribution in [2.75, 3.05) is 0 Å². The Morgan fingerprint density at radius 3 is 2.83 bits per heavy atom. The molecule has 1 radical (unpaired) electrons. The number of hydrogen-bond acceptors (Lipinski definition) is 2. The van der Waals surface area contributed by atoms with Crippen molar-refractivity contribution in [2.45, 2.75) is 33.0 Å². The first-order valence-corrected chi connectivity index (χ1v) is 6.41. The van der Waals surface area contributed by atoms with Gasteiger partial charge < -0.3 is 4.74 Å². The van der Waals surface area contributed by atoms with Crippen LogP contribution in [0.3, 0.4) is 0 Å². The molecule has 1 aliphatic rings. The largest absolute Gasteiger partial charge is 0.372 e. The zero-order valence-corrected chi connectivity index (χ0v) is 10.6. The van der Waals surface area contributed by atoms with E-state index < -0.39 is 0 Å². The first-order chi connectivity index (χ1) is 8.86. The second-order valence-corrected chi connectivity index (χ2v) is 4.60. The molecule has 3 rings (SSSR count). The molecule has 2 heteroatoms. The van der Waals surface area contributed by atoms with Crippen LogP contribution in [0.5, 0.6) is 0 Å². The fourth-order valence-electron chi connectivity index (χ4n) is 2.33. The highest BCUT2D eigenvalue weighted by Crippen LogP contribution is 2.24. The Kier molecular flexibility index (Phi) is 3.11. The maximum absolute atomic E-state index is 5.52. The third-order valence-corrected chi connectivity index (χ3v) is 3.32. The number of fused-ring (bicyclic) bond motifs is 1. The SMILES string of the molecule is CCc1[c]c2c(c(Cc3ccccc3)n1)COC2. The minimum atomic E-state index is 0.686. The molecule has 91 valence electrons. The summed E-state index contributed by atoms with van der Waals surface area (Å²) in [7, 11) is 0. The van der Waals surface area contributed by atoms with Crippen molar-refractivity contribution < 1.29 is 4.74 Å². The van der Waals surface area contributed by atoms with E-state index in [2.05, 4.69) is 37.3 Å². The second kappa shape index (κ2) is 4.91. The highest BCUT2D eigenvalue weighted by atomic mass is 16.5. The zero-order chi connectivity index (χ0) is 12.4. The lowest BCUT2D eigenvalue weighted by Crippen LogP contribution is -2.03. The standard InChI is InChI=1S/C16H16NO/c1-2-14-9-13-10-18-11-15(13)16(17-14)8-12-6-4-3-5-7-12/h3-7H,2,8,10-11H2,1H3. The molecule has 0 N–H and O–H groups in total. The molecular weight excluding hydrogens is 222 g/mol. The molecule has 0 bridgehead atoms. The monoisotopic (exact) mass is 238 g/mol. The second-order valence-electron chi connectivity index (χ2n) is 4.60. The van der Waals surface area contributed by atoms with Crippen LogP contribution >= 0.6 is 0 Å². The van der Waals surface area contributed by atoms with Gasteiger partial charge in [-0.2, -0.15) is 0 Å². The van der Waals surface area contributed by atoms with E-state index in [0.29, 0.717) is 13.2 Å². The van der Waals surface area contributed by atoms with Crippen molar-refractivity contribution in [3.8, 4) is 0 Å². The quantitative estimate of drug-likeness (QED) is 0.820. The van der Waals surface area contributed by atoms with Crippen molar-refractivity contribution in [1.82, 2.24) is 4.98 Å². The fourth-order valence-corrected chi connectivity index (χ4v) is 2.33. The molecule has 2 heterocycles. The number of rotatable bonds is 3. The first-order valence-electron chi connectivity index (χ1n) is 6.41. The minimum Gasteiger partial charge on any atom is -0.372 e. The smallest absolute Gasteiger partial charge is 0.0743 e. The predicted molar refractivity (Wildman–Crippen MR) is 70.2 cm³/mol. The first kappa shape index (κ1) is 11.4. The van der Waals surface area contributed by atoms with Gasteiger partial charge in [0, 0.05) is 23.7 Å². The van der Waals surface area contributed by atoms with Crippen molar-refractivity contribution in [1.29, 1.82) is 0 Å². The molecule has 2 aromatic rings. The molecular formula is C16H16NO. The van der Waals surface area contributed by atoms with Gasteiger partial charge >= 0.3 is 0 Å². The average molecular weight is 238 g/mol. The van der Waals surface area contributed by atoms with Crippen LogP contribution < -0.4 is 0 Å². The maximum atomic E-state index is 5.52. The zero-order valence-electron chi connectivity index (χ0n) is 10.6. The molecule has 0 unspecified atom stereocenters. The van der Waals surface area contributed by atoms with Crippen LogP contribution in [0.25, 0.3) is 0 Å². The van der Waals surface area contributed by atoms with Crippen molar-refractivity contribution in [3.05, 3.63) is 64.5 Å². The lowest BCUT2D eigenvalue weighted by atomic mass is 10.0. The lowest BCUT2D eigenvalue weighted by molar-refractivity contribution is 0.134. The van der Waals surface area contributed by atoms with Gasteiger partial charge in [-0.05, 0) is 17.5 Å². The summed E-state index contributed by atoms with van der Waals surface area (Å²) in [5, 5.41) is 0. The Balaban J connectivity index is 1.98. The van der Waals surface area contributed by atoms with E-state index in [9.17, 15) is 0 Å². The summed E-state index contributed by atoms with van der Waals surface area (Å²) in [4.78, 5) is 4.72. The van der Waals surface area contributed by atoms with E-state index in [1.54, 1.807) is 0 Å². The number of ether oxygens (including phenoxy) is 1. The minimum absolute atomic E-state index is 0.686. The Hall–Kier alpha value is -1.67. The fraction of sp³-hybridized carbons (Fsp3) is 0.312. The number of pyridine rings is 1. The molecule has 2 nitrogen and oxygen atoms in total. The van der Waals surface area contributed by atoms with Gasteiger partial charge in [0.1, 0.15) is 0 Å². The third-order valence-electron chi connectivity index (χ3n) is 3.32. The Morgan fingerprint density at radius 2 is 2.06 bits per heavy atom. The van der Waals surface area contributed by atoms with Crippen molar-refractivity contribution in [3.63, 3.8) is 0 Å². The summed E-state index contributed by atoms with van der Waals surface area (Å²) in [6.45, 7) is 3.49. The van der Waals surface area contributed by atoms with E-state index >= 15 is 0 Å². The number of nitrogens with zero attached hydrogens (tertiary/aromatic N) is 1. The van der Waals surface area contributed by atoms with Gasteiger partial charge in [0.25, 0.3) is 0 Å². The van der Waals surface area contributed by atoms with Gasteiger partial charge in [0.2, 0.25) is 0 Å². The van der Waals surface area contributed by atoms with Crippen LogP contribution in [0.4, 0.5) is 0 Å². The molecule has 0 amide bonds. The van der Waals surface area contributed by atoms with Crippen LogP contribution in [0.1, 0.15) is 35.0 Å². The molecule has 0 saturated carbocycles. The van der Waals surface area contributed by atoms with E-state index in [4.69, 9.17) is 9.72 Å². The average Bonchev–Trinajstić information content (AvgIpc) is 2.88. The van der Waals surface area contributed by atoms with Gasteiger partial charge in [-0.3, -0.25) is 4.98 Å². The van der Waals surface area contributed by atoms with Crippen LogP contribution in [-0.4, -0.2) is 4.98 Å². The number of aryl methyl sites for hydroxylation is 1. The highest BCUT2D eigenvalue weighted by molar-refractivity contribution is 5.36. The normalized spacial score (nSPS) is 13.6. The number of hydrogen-bond donors (Lipinski definition) is 0. The van der Waals surface area contributed by atoms with Gasteiger partial charge in [0.15, 0.2) is 0 Å². The van der Waals surface area contributed by atoms with Gasteiger partial charge in [0.05, 0.1) is 18.9 Å². The third kappa shape index (κ3) is 2.16. The van der Waals surface area contributed by atoms with E-state index in [-0.39, 0.29) is 0 Å². The number of benzene rings is 1. The summed E-state index contributed by atoms with van der Waals surface area (Å²) >= 11 is 0. The molecule has 18 heavy (non-hydrogen) atoms. The van der Waals surface area contributed by atoms with Gasteiger partial charge in [-0.25, -0.2) is 0 Å². The summed E-state index contributed by atoms with van der Waals surface area (Å²) in [5.41, 5.74) is 5.95. The molecule has 1 aromatic heterocycles. The topological polar surface area (TPSA) is 22.1 Å². The summed E-state index contributed by atoms with van der Waals surface area (Å²) in [6, 6.07) is 13.8. The molecule has 0 saturated heterocycles. The van der Waals surface area contributed by atoms with E-state index in [1.807, 2.05) is 6.07 Å². The molecule has 0 atom stereocenters. The van der Waals surface area contributed by atoms with Crippen LogP contribution in [0, 0.1) is 6.07 Å². The van der Waals surface area contributed by atoms with E-state index in [0.717, 1.165) is 24.2 Å². The number of aromatic nitrogens is 1. The lowest BCUT2D eigenvalue weighted by Gasteiger charge is -2.08. The molecule has 1 aliphatic heterocycles. The van der Waals surface area contributed by atoms with Gasteiger partial charge in [-0.15, -0.1) is 0 Å². The molecule has 0 aliphatic carbocycles. The van der Waals surface area contributed by atoms with Crippen LogP contribution in [-0.2, 0) is 30.8 Å². The van der Waals surface area contributed by atoms with Gasteiger partial charge in [-0.1, -0.05) is 37.3 Å². The summed E-state index contributed by atoms with van der Waals surface area (Å²) < 4.78 is 5.52. The Morgan fingerprint density at radius 1 is 1.22 bits per heavy atom. The maximum Gasteiger partial charge on any atom is 0.0743 e. The molecule has 0 fully saturated rings. The summed E-state index contributed by atoms with van der Waals surface area (Å²) in [6.07, 6.45) is 1.81. The van der Waals surface area contributed by atoms with Crippen LogP contribution in [0.2, 0.25) is 0 Å². The Labute approximate surface area is 108 Å².